The van der Waals surface area contributed by atoms with Crippen LogP contribution in [0.5, 0.6) is 0 Å². The SMILES string of the molecule is CCNC(C)(CO)CCCCN1CCCC1(C)C. The Morgan fingerprint density at radius 3 is 2.56 bits per heavy atom. The third kappa shape index (κ3) is 4.52. The summed E-state index contributed by atoms with van der Waals surface area (Å²) in [6.45, 7) is 12.6. The van der Waals surface area contributed by atoms with Crippen molar-refractivity contribution in [2.45, 2.75) is 70.9 Å². The molecule has 0 bridgehead atoms. The number of rotatable bonds is 8. The molecule has 0 aromatic rings. The lowest BCUT2D eigenvalue weighted by Gasteiger charge is -2.32. The van der Waals surface area contributed by atoms with E-state index in [4.69, 9.17) is 0 Å². The summed E-state index contributed by atoms with van der Waals surface area (Å²) in [6.07, 6.45) is 6.17. The first kappa shape index (κ1) is 15.9. The van der Waals surface area contributed by atoms with Gasteiger partial charge in [-0.25, -0.2) is 0 Å². The smallest absolute Gasteiger partial charge is 0.0610 e. The summed E-state index contributed by atoms with van der Waals surface area (Å²) >= 11 is 0. The second kappa shape index (κ2) is 6.88. The standard InChI is InChI=1S/C15H32N2O/c1-5-16-15(4,13-18)10-6-7-11-17-12-8-9-14(17,2)3/h16,18H,5-13H2,1-4H3. The van der Waals surface area contributed by atoms with Gasteiger partial charge in [-0.1, -0.05) is 13.3 Å². The zero-order valence-electron chi connectivity index (χ0n) is 12.8. The van der Waals surface area contributed by atoms with E-state index in [1.54, 1.807) is 0 Å². The second-order valence-electron chi connectivity index (χ2n) is 6.61. The van der Waals surface area contributed by atoms with Crippen molar-refractivity contribution in [2.24, 2.45) is 0 Å². The van der Waals surface area contributed by atoms with Crippen LogP contribution in [0.2, 0.25) is 0 Å². The van der Waals surface area contributed by atoms with Crippen LogP contribution in [0.3, 0.4) is 0 Å². The highest BCUT2D eigenvalue weighted by atomic mass is 16.3. The molecule has 108 valence electrons. The molecule has 2 N–H and O–H groups in total. The molecule has 1 aliphatic heterocycles. The van der Waals surface area contributed by atoms with Crippen LogP contribution in [0.1, 0.15) is 59.8 Å². The molecule has 1 unspecified atom stereocenters. The largest absolute Gasteiger partial charge is 0.394 e. The molecule has 3 nitrogen and oxygen atoms in total. The van der Waals surface area contributed by atoms with Crippen molar-refractivity contribution >= 4 is 0 Å². The summed E-state index contributed by atoms with van der Waals surface area (Å²) < 4.78 is 0. The molecule has 1 aliphatic rings. The molecule has 0 aromatic carbocycles. The Balaban J connectivity index is 2.22. The summed E-state index contributed by atoms with van der Waals surface area (Å²) in [6, 6.07) is 0. The van der Waals surface area contributed by atoms with Gasteiger partial charge in [-0.2, -0.15) is 0 Å². The van der Waals surface area contributed by atoms with E-state index >= 15 is 0 Å². The average Bonchev–Trinajstić information content (AvgIpc) is 2.65. The highest BCUT2D eigenvalue weighted by Gasteiger charge is 2.31. The van der Waals surface area contributed by atoms with E-state index in [0.29, 0.717) is 5.54 Å². The van der Waals surface area contributed by atoms with E-state index in [-0.39, 0.29) is 12.1 Å². The Kier molecular flexibility index (Phi) is 6.09. The molecule has 0 spiro atoms. The van der Waals surface area contributed by atoms with E-state index < -0.39 is 0 Å². The van der Waals surface area contributed by atoms with Gasteiger partial charge in [0.2, 0.25) is 0 Å². The van der Waals surface area contributed by atoms with E-state index in [1.165, 1.54) is 38.8 Å². The van der Waals surface area contributed by atoms with Gasteiger partial charge < -0.3 is 10.4 Å². The lowest BCUT2D eigenvalue weighted by molar-refractivity contribution is 0.151. The van der Waals surface area contributed by atoms with Crippen LogP contribution in [0, 0.1) is 0 Å². The number of likely N-dealkylation sites (tertiary alicyclic amines) is 1. The lowest BCUT2D eigenvalue weighted by Crippen LogP contribution is -2.45. The first-order chi connectivity index (χ1) is 8.43. The van der Waals surface area contributed by atoms with Crippen molar-refractivity contribution in [1.82, 2.24) is 10.2 Å². The molecule has 1 fully saturated rings. The van der Waals surface area contributed by atoms with E-state index in [0.717, 1.165) is 13.0 Å². The summed E-state index contributed by atoms with van der Waals surface area (Å²) in [5, 5.41) is 12.8. The molecule has 0 amide bonds. The highest BCUT2D eigenvalue weighted by molar-refractivity contribution is 4.88. The number of aliphatic hydroxyl groups is 1. The molecule has 0 aliphatic carbocycles. The second-order valence-corrected chi connectivity index (χ2v) is 6.61. The van der Waals surface area contributed by atoms with Crippen molar-refractivity contribution in [2.75, 3.05) is 26.2 Å². The first-order valence-corrected chi connectivity index (χ1v) is 7.54. The molecule has 3 heteroatoms. The topological polar surface area (TPSA) is 35.5 Å². The Morgan fingerprint density at radius 2 is 2.06 bits per heavy atom. The van der Waals surface area contributed by atoms with Crippen molar-refractivity contribution < 1.29 is 5.11 Å². The number of aliphatic hydroxyl groups excluding tert-OH is 1. The summed E-state index contributed by atoms with van der Waals surface area (Å²) in [4.78, 5) is 2.62. The van der Waals surface area contributed by atoms with Crippen LogP contribution >= 0.6 is 0 Å². The van der Waals surface area contributed by atoms with Gasteiger partial charge in [-0.3, -0.25) is 4.90 Å². The average molecular weight is 256 g/mol. The number of hydrogen-bond acceptors (Lipinski definition) is 3. The zero-order valence-corrected chi connectivity index (χ0v) is 12.8. The Morgan fingerprint density at radius 1 is 1.33 bits per heavy atom. The van der Waals surface area contributed by atoms with E-state index in [2.05, 4.69) is 37.9 Å². The Bertz CT molecular complexity index is 243. The Hall–Kier alpha value is -0.120. The molecule has 0 saturated carbocycles. The van der Waals surface area contributed by atoms with Gasteiger partial charge in [-0.15, -0.1) is 0 Å². The van der Waals surface area contributed by atoms with Crippen LogP contribution < -0.4 is 5.32 Å². The molecule has 1 rings (SSSR count). The third-order valence-corrected chi connectivity index (χ3v) is 4.43. The lowest BCUT2D eigenvalue weighted by atomic mass is 9.95. The number of nitrogens with one attached hydrogen (secondary N) is 1. The van der Waals surface area contributed by atoms with Gasteiger partial charge in [0.05, 0.1) is 6.61 Å². The number of unbranched alkanes of at least 4 members (excludes halogenated alkanes) is 1. The minimum absolute atomic E-state index is 0.0880. The van der Waals surface area contributed by atoms with Crippen LogP contribution in [0.4, 0.5) is 0 Å². The molecule has 1 atom stereocenters. The van der Waals surface area contributed by atoms with Gasteiger partial charge in [0.25, 0.3) is 0 Å². The zero-order chi connectivity index (χ0) is 13.6. The van der Waals surface area contributed by atoms with Crippen LogP contribution in [-0.4, -0.2) is 47.3 Å². The van der Waals surface area contributed by atoms with Gasteiger partial charge in [0.15, 0.2) is 0 Å². The van der Waals surface area contributed by atoms with E-state index in [1.807, 2.05) is 0 Å². The Labute approximate surface area is 113 Å². The fourth-order valence-electron chi connectivity index (χ4n) is 3.05. The van der Waals surface area contributed by atoms with E-state index in [9.17, 15) is 5.11 Å². The van der Waals surface area contributed by atoms with Crippen molar-refractivity contribution in [1.29, 1.82) is 0 Å². The maximum atomic E-state index is 9.44. The molecule has 0 radical (unpaired) electrons. The minimum Gasteiger partial charge on any atom is -0.394 e. The first-order valence-electron chi connectivity index (χ1n) is 7.54. The van der Waals surface area contributed by atoms with Crippen molar-refractivity contribution in [3.8, 4) is 0 Å². The third-order valence-electron chi connectivity index (χ3n) is 4.43. The fourth-order valence-corrected chi connectivity index (χ4v) is 3.05. The molecule has 1 saturated heterocycles. The van der Waals surface area contributed by atoms with Gasteiger partial charge in [0, 0.05) is 11.1 Å². The van der Waals surface area contributed by atoms with Crippen molar-refractivity contribution in [3.63, 3.8) is 0 Å². The van der Waals surface area contributed by atoms with Gasteiger partial charge in [0.1, 0.15) is 0 Å². The van der Waals surface area contributed by atoms with Crippen LogP contribution in [-0.2, 0) is 0 Å². The normalized spacial score (nSPS) is 23.2. The summed E-state index contributed by atoms with van der Waals surface area (Å²) in [7, 11) is 0. The number of hydrogen-bond donors (Lipinski definition) is 2. The maximum Gasteiger partial charge on any atom is 0.0610 e. The number of nitrogens with zero attached hydrogens (tertiary/aromatic N) is 1. The molecule has 18 heavy (non-hydrogen) atoms. The molecular formula is C15H32N2O. The maximum absolute atomic E-state index is 9.44. The van der Waals surface area contributed by atoms with Crippen LogP contribution in [0.15, 0.2) is 0 Å². The predicted octanol–water partition coefficient (Wildman–Crippen LogP) is 2.39. The summed E-state index contributed by atoms with van der Waals surface area (Å²) in [5.74, 6) is 0. The number of likely N-dealkylation sites (N-methyl/N-ethyl adjacent to an activating group) is 1. The molecule has 0 aromatic heterocycles. The molecule has 1 heterocycles. The quantitative estimate of drug-likeness (QED) is 0.655. The monoisotopic (exact) mass is 256 g/mol. The van der Waals surface area contributed by atoms with Crippen LogP contribution in [0.25, 0.3) is 0 Å². The van der Waals surface area contributed by atoms with Gasteiger partial charge in [-0.05, 0) is 66.1 Å². The fraction of sp³-hybridized carbons (Fsp3) is 1.00. The summed E-state index contributed by atoms with van der Waals surface area (Å²) in [5.41, 5.74) is 0.317. The highest BCUT2D eigenvalue weighted by Crippen LogP contribution is 2.28. The van der Waals surface area contributed by atoms with Crippen molar-refractivity contribution in [3.05, 3.63) is 0 Å². The minimum atomic E-state index is -0.0880. The molecular weight excluding hydrogens is 224 g/mol. The predicted molar refractivity (Wildman–Crippen MR) is 77.9 cm³/mol. The van der Waals surface area contributed by atoms with Gasteiger partial charge >= 0.3 is 0 Å².